The molecule has 1 saturated heterocycles. The third-order valence-corrected chi connectivity index (χ3v) is 3.31. The highest BCUT2D eigenvalue weighted by Crippen LogP contribution is 2.26. The molecule has 0 bridgehead atoms. The van der Waals surface area contributed by atoms with E-state index in [-0.39, 0.29) is 0 Å². The number of rotatable bonds is 4. The minimum Gasteiger partial charge on any atom is -0.481 e. The van der Waals surface area contributed by atoms with Gasteiger partial charge in [-0.1, -0.05) is 13.8 Å². The molecular weight excluding hydrogens is 190 g/mol. The van der Waals surface area contributed by atoms with Gasteiger partial charge in [-0.05, 0) is 38.1 Å². The largest absolute Gasteiger partial charge is 0.481 e. The summed E-state index contributed by atoms with van der Waals surface area (Å²) >= 11 is 0. The van der Waals surface area contributed by atoms with Crippen molar-refractivity contribution in [2.75, 3.05) is 13.1 Å². The lowest BCUT2D eigenvalue weighted by Gasteiger charge is -2.39. The van der Waals surface area contributed by atoms with Crippen molar-refractivity contribution in [1.29, 1.82) is 0 Å². The van der Waals surface area contributed by atoms with Gasteiger partial charge < -0.3 is 10.0 Å². The Hall–Kier alpha value is -0.570. The molecule has 0 amide bonds. The number of nitrogens with zero attached hydrogens (tertiary/aromatic N) is 1. The lowest BCUT2D eigenvalue weighted by molar-refractivity contribution is -0.139. The highest BCUT2D eigenvalue weighted by atomic mass is 16.4. The molecule has 1 fully saturated rings. The molecule has 0 radical (unpaired) electrons. The molecule has 0 aromatic heterocycles. The average molecular weight is 213 g/mol. The van der Waals surface area contributed by atoms with Gasteiger partial charge in [0.1, 0.15) is 0 Å². The van der Waals surface area contributed by atoms with Crippen LogP contribution in [0.2, 0.25) is 0 Å². The van der Waals surface area contributed by atoms with E-state index in [0.29, 0.717) is 24.3 Å². The molecule has 88 valence electrons. The molecule has 0 unspecified atom stereocenters. The lowest BCUT2D eigenvalue weighted by atomic mass is 9.87. The maximum Gasteiger partial charge on any atom is 0.303 e. The second-order valence-corrected chi connectivity index (χ2v) is 5.13. The number of carbonyl (C=O) groups is 1. The monoisotopic (exact) mass is 213 g/mol. The van der Waals surface area contributed by atoms with E-state index in [4.69, 9.17) is 5.11 Å². The van der Waals surface area contributed by atoms with Crippen LogP contribution in [-0.2, 0) is 4.79 Å². The van der Waals surface area contributed by atoms with Crippen LogP contribution >= 0.6 is 0 Å². The van der Waals surface area contributed by atoms with Crippen molar-refractivity contribution < 1.29 is 9.90 Å². The minimum atomic E-state index is -0.654. The second kappa shape index (κ2) is 5.50. The number of likely N-dealkylation sites (tertiary alicyclic amines) is 1. The SMILES string of the molecule is CC(C)CN1CCC[C@H](CC(=O)O)[C@H]1C. The molecule has 1 rings (SSSR count). The topological polar surface area (TPSA) is 40.5 Å². The van der Waals surface area contributed by atoms with E-state index >= 15 is 0 Å². The van der Waals surface area contributed by atoms with Gasteiger partial charge in [0.15, 0.2) is 0 Å². The van der Waals surface area contributed by atoms with Crippen LogP contribution in [0.4, 0.5) is 0 Å². The van der Waals surface area contributed by atoms with Crippen LogP contribution in [-0.4, -0.2) is 35.1 Å². The van der Waals surface area contributed by atoms with Gasteiger partial charge in [0.25, 0.3) is 0 Å². The molecule has 1 heterocycles. The van der Waals surface area contributed by atoms with Gasteiger partial charge in [-0.15, -0.1) is 0 Å². The first-order valence-corrected chi connectivity index (χ1v) is 5.96. The van der Waals surface area contributed by atoms with Gasteiger partial charge in [0.05, 0.1) is 0 Å². The zero-order valence-corrected chi connectivity index (χ0v) is 10.1. The zero-order valence-electron chi connectivity index (χ0n) is 10.1. The molecule has 0 aromatic carbocycles. The van der Waals surface area contributed by atoms with Gasteiger partial charge in [-0.2, -0.15) is 0 Å². The van der Waals surface area contributed by atoms with Crippen molar-refractivity contribution in [3.63, 3.8) is 0 Å². The fraction of sp³-hybridized carbons (Fsp3) is 0.917. The molecule has 0 aromatic rings. The molecule has 1 N–H and O–H groups in total. The first-order valence-electron chi connectivity index (χ1n) is 5.96. The number of hydrogen-bond donors (Lipinski definition) is 1. The molecular formula is C12H23NO2. The van der Waals surface area contributed by atoms with Crippen LogP contribution in [0.15, 0.2) is 0 Å². The van der Waals surface area contributed by atoms with E-state index in [0.717, 1.165) is 25.9 Å². The van der Waals surface area contributed by atoms with Gasteiger partial charge >= 0.3 is 5.97 Å². The Morgan fingerprint density at radius 1 is 1.53 bits per heavy atom. The Labute approximate surface area is 92.5 Å². The predicted molar refractivity (Wildman–Crippen MR) is 60.8 cm³/mol. The van der Waals surface area contributed by atoms with Crippen molar-refractivity contribution in [3.05, 3.63) is 0 Å². The highest BCUT2D eigenvalue weighted by molar-refractivity contribution is 5.67. The Morgan fingerprint density at radius 2 is 2.20 bits per heavy atom. The third-order valence-electron chi connectivity index (χ3n) is 3.31. The number of aliphatic carboxylic acids is 1. The van der Waals surface area contributed by atoms with Crippen molar-refractivity contribution in [3.8, 4) is 0 Å². The van der Waals surface area contributed by atoms with Gasteiger partial charge in [0.2, 0.25) is 0 Å². The van der Waals surface area contributed by atoms with Gasteiger partial charge in [-0.25, -0.2) is 0 Å². The summed E-state index contributed by atoms with van der Waals surface area (Å²) in [6.07, 6.45) is 2.55. The van der Waals surface area contributed by atoms with Gasteiger partial charge in [0, 0.05) is 19.0 Å². The van der Waals surface area contributed by atoms with Crippen molar-refractivity contribution in [2.24, 2.45) is 11.8 Å². The fourth-order valence-electron chi connectivity index (χ4n) is 2.52. The van der Waals surface area contributed by atoms with E-state index < -0.39 is 5.97 Å². The average Bonchev–Trinajstić information content (AvgIpc) is 2.10. The highest BCUT2D eigenvalue weighted by Gasteiger charge is 2.29. The van der Waals surface area contributed by atoms with Crippen molar-refractivity contribution in [2.45, 2.75) is 46.1 Å². The van der Waals surface area contributed by atoms with Gasteiger partial charge in [-0.3, -0.25) is 4.79 Å². The maximum atomic E-state index is 10.7. The second-order valence-electron chi connectivity index (χ2n) is 5.13. The van der Waals surface area contributed by atoms with E-state index in [2.05, 4.69) is 25.7 Å². The van der Waals surface area contributed by atoms with Crippen LogP contribution in [0.1, 0.15) is 40.0 Å². The number of carboxylic acids is 1. The van der Waals surface area contributed by atoms with Crippen LogP contribution in [0.3, 0.4) is 0 Å². The summed E-state index contributed by atoms with van der Waals surface area (Å²) in [5.74, 6) is 0.351. The zero-order chi connectivity index (χ0) is 11.4. The molecule has 1 aliphatic rings. The third kappa shape index (κ3) is 3.82. The number of piperidine rings is 1. The number of hydrogen-bond acceptors (Lipinski definition) is 2. The standard InChI is InChI=1S/C12H23NO2/c1-9(2)8-13-6-4-5-11(10(13)3)7-12(14)15/h9-11H,4-8H2,1-3H3,(H,14,15)/t10-,11-/m1/s1. The Morgan fingerprint density at radius 3 is 2.73 bits per heavy atom. The summed E-state index contributed by atoms with van der Waals surface area (Å²) in [6, 6.07) is 0.428. The summed E-state index contributed by atoms with van der Waals surface area (Å²) in [4.78, 5) is 13.2. The molecule has 3 nitrogen and oxygen atoms in total. The van der Waals surface area contributed by atoms with E-state index in [1.165, 1.54) is 0 Å². The normalized spacial score (nSPS) is 28.3. The summed E-state index contributed by atoms with van der Waals surface area (Å²) in [7, 11) is 0. The Bertz CT molecular complexity index is 216. The minimum absolute atomic E-state index is 0.329. The Kier molecular flexibility index (Phi) is 4.58. The fourth-order valence-corrected chi connectivity index (χ4v) is 2.52. The maximum absolute atomic E-state index is 10.7. The first-order chi connectivity index (χ1) is 7.00. The predicted octanol–water partition coefficient (Wildman–Crippen LogP) is 2.22. The van der Waals surface area contributed by atoms with E-state index in [9.17, 15) is 4.79 Å². The summed E-state index contributed by atoms with van der Waals surface area (Å²) in [5, 5.41) is 8.83. The lowest BCUT2D eigenvalue weighted by Crippen LogP contribution is -2.45. The van der Waals surface area contributed by atoms with E-state index in [1.807, 2.05) is 0 Å². The first kappa shape index (κ1) is 12.5. The quantitative estimate of drug-likeness (QED) is 0.778. The summed E-state index contributed by atoms with van der Waals surface area (Å²) < 4.78 is 0. The van der Waals surface area contributed by atoms with Crippen molar-refractivity contribution in [1.82, 2.24) is 4.90 Å². The van der Waals surface area contributed by atoms with Crippen LogP contribution in [0.25, 0.3) is 0 Å². The van der Waals surface area contributed by atoms with Crippen LogP contribution in [0, 0.1) is 11.8 Å². The molecule has 3 heteroatoms. The summed E-state index contributed by atoms with van der Waals surface area (Å²) in [6.45, 7) is 8.84. The molecule has 0 saturated carbocycles. The van der Waals surface area contributed by atoms with E-state index in [1.54, 1.807) is 0 Å². The number of carboxylic acid groups (broad SMARTS) is 1. The smallest absolute Gasteiger partial charge is 0.303 e. The van der Waals surface area contributed by atoms with Crippen LogP contribution < -0.4 is 0 Å². The molecule has 1 aliphatic heterocycles. The molecule has 15 heavy (non-hydrogen) atoms. The van der Waals surface area contributed by atoms with Crippen molar-refractivity contribution >= 4 is 5.97 Å². The Balaban J connectivity index is 2.50. The summed E-state index contributed by atoms with van der Waals surface area (Å²) in [5.41, 5.74) is 0. The molecule has 0 aliphatic carbocycles. The van der Waals surface area contributed by atoms with Crippen LogP contribution in [0.5, 0.6) is 0 Å². The molecule has 2 atom stereocenters. The molecule has 0 spiro atoms.